The van der Waals surface area contributed by atoms with Crippen LogP contribution in [0.1, 0.15) is 10.4 Å². The number of nitrogens with two attached hydrogens (primary N) is 1. The highest BCUT2D eigenvalue weighted by Crippen LogP contribution is 2.34. The molecule has 0 aliphatic heterocycles. The van der Waals surface area contributed by atoms with Crippen LogP contribution >= 0.6 is 0 Å². The summed E-state index contributed by atoms with van der Waals surface area (Å²) in [5.41, 5.74) is 6.45. The normalized spacial score (nSPS) is 10.3. The highest BCUT2D eigenvalue weighted by Gasteiger charge is 2.20. The van der Waals surface area contributed by atoms with Crippen LogP contribution in [-0.4, -0.2) is 10.9 Å². The molecule has 0 spiro atoms. The van der Waals surface area contributed by atoms with Gasteiger partial charge in [0.1, 0.15) is 5.75 Å². The molecule has 5 heteroatoms. The molecule has 0 saturated carbocycles. The number of benzene rings is 2. The van der Waals surface area contributed by atoms with Crippen molar-refractivity contribution in [1.29, 1.82) is 0 Å². The van der Waals surface area contributed by atoms with Crippen LogP contribution in [-0.2, 0) is 0 Å². The summed E-state index contributed by atoms with van der Waals surface area (Å²) in [5.74, 6) is -1.10. The summed E-state index contributed by atoms with van der Waals surface area (Å²) in [6.07, 6.45) is 0. The van der Waals surface area contributed by atoms with E-state index < -0.39 is 11.9 Å². The van der Waals surface area contributed by atoms with Crippen molar-refractivity contribution < 1.29 is 13.9 Å². The smallest absolute Gasteiger partial charge is 0.249 e. The molecule has 1 heterocycles. The van der Waals surface area contributed by atoms with E-state index in [9.17, 15) is 9.18 Å². The molecular formula is C18H13FN2O2. The van der Waals surface area contributed by atoms with E-state index in [1.54, 1.807) is 48.5 Å². The van der Waals surface area contributed by atoms with Gasteiger partial charge in [0.05, 0.1) is 11.1 Å². The molecule has 0 radical (unpaired) electrons. The largest absolute Gasteiger partial charge is 0.438 e. The Morgan fingerprint density at radius 1 is 1.00 bits per heavy atom. The number of pyridine rings is 1. The quantitative estimate of drug-likeness (QED) is 0.746. The van der Waals surface area contributed by atoms with E-state index in [1.165, 1.54) is 0 Å². The molecular weight excluding hydrogens is 295 g/mol. The Kier molecular flexibility index (Phi) is 4.01. The van der Waals surface area contributed by atoms with Gasteiger partial charge in [0.15, 0.2) is 0 Å². The van der Waals surface area contributed by atoms with Crippen LogP contribution in [0, 0.1) is 5.95 Å². The van der Waals surface area contributed by atoms with Gasteiger partial charge in [0.25, 0.3) is 0 Å². The summed E-state index contributed by atoms with van der Waals surface area (Å²) in [7, 11) is 0. The molecule has 0 fully saturated rings. The van der Waals surface area contributed by atoms with Crippen molar-refractivity contribution in [3.8, 4) is 22.8 Å². The number of hydrogen-bond acceptors (Lipinski definition) is 3. The lowest BCUT2D eigenvalue weighted by Crippen LogP contribution is -2.14. The summed E-state index contributed by atoms with van der Waals surface area (Å²) in [4.78, 5) is 15.5. The van der Waals surface area contributed by atoms with Crippen molar-refractivity contribution in [1.82, 2.24) is 4.98 Å². The monoisotopic (exact) mass is 308 g/mol. The van der Waals surface area contributed by atoms with E-state index in [0.717, 1.165) is 6.07 Å². The Morgan fingerprint density at radius 2 is 1.61 bits per heavy atom. The van der Waals surface area contributed by atoms with Gasteiger partial charge in [0.2, 0.25) is 17.7 Å². The second-order valence-corrected chi connectivity index (χ2v) is 4.82. The van der Waals surface area contributed by atoms with Crippen LogP contribution in [0.2, 0.25) is 0 Å². The molecule has 1 amide bonds. The van der Waals surface area contributed by atoms with Gasteiger partial charge < -0.3 is 10.5 Å². The van der Waals surface area contributed by atoms with E-state index in [4.69, 9.17) is 10.5 Å². The topological polar surface area (TPSA) is 65.2 Å². The van der Waals surface area contributed by atoms with Crippen LogP contribution in [0.3, 0.4) is 0 Å². The van der Waals surface area contributed by atoms with E-state index in [1.807, 2.05) is 12.1 Å². The first-order valence-electron chi connectivity index (χ1n) is 6.94. The zero-order valence-corrected chi connectivity index (χ0v) is 12.1. The van der Waals surface area contributed by atoms with Gasteiger partial charge in [-0.1, -0.05) is 48.5 Å². The molecule has 4 nitrogen and oxygen atoms in total. The first-order valence-corrected chi connectivity index (χ1v) is 6.94. The fraction of sp³-hybridized carbons (Fsp3) is 0. The molecule has 0 aliphatic carbocycles. The van der Waals surface area contributed by atoms with Gasteiger partial charge in [-0.2, -0.15) is 9.37 Å². The summed E-state index contributed by atoms with van der Waals surface area (Å²) >= 11 is 0. The molecule has 0 aliphatic rings. The highest BCUT2D eigenvalue weighted by molar-refractivity contribution is 6.01. The van der Waals surface area contributed by atoms with Gasteiger partial charge in [-0.25, -0.2) is 0 Å². The second kappa shape index (κ2) is 6.27. The number of amides is 1. The van der Waals surface area contributed by atoms with Gasteiger partial charge in [-0.3, -0.25) is 4.79 Å². The van der Waals surface area contributed by atoms with Crippen molar-refractivity contribution in [2.45, 2.75) is 0 Å². The third-order valence-electron chi connectivity index (χ3n) is 3.24. The third kappa shape index (κ3) is 3.18. The standard InChI is InChI=1S/C18H13FN2O2/c19-15-11-14(17(20)22)16(12-7-3-1-4-8-12)18(21-15)23-13-9-5-2-6-10-13/h1-11H,(H2,20,22). The number of primary amides is 1. The molecule has 0 atom stereocenters. The highest BCUT2D eigenvalue weighted by atomic mass is 19.1. The SMILES string of the molecule is NC(=O)c1cc(F)nc(Oc2ccccc2)c1-c1ccccc1. The average molecular weight is 308 g/mol. The fourth-order valence-electron chi connectivity index (χ4n) is 2.24. The number of rotatable bonds is 4. The maximum atomic E-state index is 13.8. The van der Waals surface area contributed by atoms with Crippen LogP contribution in [0.5, 0.6) is 11.6 Å². The van der Waals surface area contributed by atoms with Crippen molar-refractivity contribution in [2.24, 2.45) is 5.73 Å². The fourth-order valence-corrected chi connectivity index (χ4v) is 2.24. The molecule has 2 N–H and O–H groups in total. The first-order chi connectivity index (χ1) is 11.1. The summed E-state index contributed by atoms with van der Waals surface area (Å²) in [6, 6.07) is 18.8. The van der Waals surface area contributed by atoms with E-state index in [2.05, 4.69) is 4.98 Å². The Morgan fingerprint density at radius 3 is 2.22 bits per heavy atom. The molecule has 23 heavy (non-hydrogen) atoms. The van der Waals surface area contributed by atoms with E-state index in [0.29, 0.717) is 16.9 Å². The number of para-hydroxylation sites is 1. The van der Waals surface area contributed by atoms with Crippen molar-refractivity contribution >= 4 is 5.91 Å². The number of nitrogens with zero attached hydrogens (tertiary/aromatic N) is 1. The van der Waals surface area contributed by atoms with Crippen LogP contribution in [0.25, 0.3) is 11.1 Å². The minimum atomic E-state index is -0.829. The lowest BCUT2D eigenvalue weighted by molar-refractivity contribution is 0.1000. The van der Waals surface area contributed by atoms with Crippen molar-refractivity contribution in [2.75, 3.05) is 0 Å². The minimum absolute atomic E-state index is 0.00352. The van der Waals surface area contributed by atoms with Crippen LogP contribution < -0.4 is 10.5 Å². The zero-order valence-electron chi connectivity index (χ0n) is 12.1. The molecule has 2 aromatic carbocycles. The average Bonchev–Trinajstić information content (AvgIpc) is 2.56. The maximum absolute atomic E-state index is 13.8. The van der Waals surface area contributed by atoms with Crippen LogP contribution in [0.15, 0.2) is 66.7 Å². The van der Waals surface area contributed by atoms with Gasteiger partial charge >= 0.3 is 0 Å². The first kappa shape index (κ1) is 14.7. The van der Waals surface area contributed by atoms with Crippen LogP contribution in [0.4, 0.5) is 4.39 Å². The molecule has 3 aromatic rings. The van der Waals surface area contributed by atoms with Gasteiger partial charge in [-0.05, 0) is 17.7 Å². The molecule has 3 rings (SSSR count). The Bertz CT molecular complexity index is 836. The van der Waals surface area contributed by atoms with E-state index >= 15 is 0 Å². The summed E-state index contributed by atoms with van der Waals surface area (Å²) < 4.78 is 19.5. The number of carbonyl (C=O) groups is 1. The Labute approximate surface area is 132 Å². The number of ether oxygens (including phenoxy) is 1. The second-order valence-electron chi connectivity index (χ2n) is 4.82. The molecule has 0 unspecified atom stereocenters. The molecule has 0 bridgehead atoms. The molecule has 114 valence electrons. The number of hydrogen-bond donors (Lipinski definition) is 1. The zero-order chi connectivity index (χ0) is 16.2. The van der Waals surface area contributed by atoms with E-state index in [-0.39, 0.29) is 11.4 Å². The Balaban J connectivity index is 2.19. The lowest BCUT2D eigenvalue weighted by Gasteiger charge is -2.13. The minimum Gasteiger partial charge on any atom is -0.438 e. The molecule has 1 aromatic heterocycles. The predicted octanol–water partition coefficient (Wildman–Crippen LogP) is 3.78. The number of halogens is 1. The summed E-state index contributed by atoms with van der Waals surface area (Å²) in [5, 5.41) is 0. The predicted molar refractivity (Wildman–Crippen MR) is 84.7 cm³/mol. The summed E-state index contributed by atoms with van der Waals surface area (Å²) in [6.45, 7) is 0. The Hall–Kier alpha value is -3.21. The maximum Gasteiger partial charge on any atom is 0.249 e. The molecule has 0 saturated heterocycles. The van der Waals surface area contributed by atoms with Gasteiger partial charge in [-0.15, -0.1) is 0 Å². The number of aromatic nitrogens is 1. The number of carbonyl (C=O) groups excluding carboxylic acids is 1. The lowest BCUT2D eigenvalue weighted by atomic mass is 10.0. The van der Waals surface area contributed by atoms with Crippen molar-refractivity contribution in [3.05, 3.63) is 78.2 Å². The van der Waals surface area contributed by atoms with Crippen molar-refractivity contribution in [3.63, 3.8) is 0 Å². The van der Waals surface area contributed by atoms with Gasteiger partial charge in [0, 0.05) is 6.07 Å². The third-order valence-corrected chi connectivity index (χ3v) is 3.24.